The lowest BCUT2D eigenvalue weighted by Gasteiger charge is -1.85. The van der Waals surface area contributed by atoms with E-state index in [0.717, 1.165) is 5.33 Å². The highest BCUT2D eigenvalue weighted by atomic mass is 79.9. The van der Waals surface area contributed by atoms with Gasteiger partial charge in [-0.25, -0.2) is 0 Å². The van der Waals surface area contributed by atoms with Crippen molar-refractivity contribution in [2.45, 2.75) is 26.1 Å². The first-order valence-corrected chi connectivity index (χ1v) is 6.75. The number of hydrogen-bond donors (Lipinski definition) is 0. The van der Waals surface area contributed by atoms with Gasteiger partial charge >= 0.3 is 0 Å². The van der Waals surface area contributed by atoms with Gasteiger partial charge < -0.3 is 0 Å². The van der Waals surface area contributed by atoms with E-state index >= 15 is 0 Å². The van der Waals surface area contributed by atoms with E-state index in [9.17, 15) is 0 Å². The molecule has 0 nitrogen and oxygen atoms in total. The summed E-state index contributed by atoms with van der Waals surface area (Å²) in [5, 5.41) is 4.39. The molecule has 2 heteroatoms. The van der Waals surface area contributed by atoms with E-state index in [1.54, 1.807) is 11.3 Å². The predicted molar refractivity (Wildman–Crippen MR) is 72.3 cm³/mol. The van der Waals surface area contributed by atoms with Gasteiger partial charge in [0.25, 0.3) is 0 Å². The van der Waals surface area contributed by atoms with Crippen molar-refractivity contribution >= 4 is 39.4 Å². The summed E-state index contributed by atoms with van der Waals surface area (Å²) in [5.41, 5.74) is 1.34. The average Bonchev–Trinajstić information content (AvgIpc) is 2.64. The lowest BCUT2D eigenvalue weighted by molar-refractivity contribution is 1.43. The molecule has 0 radical (unpaired) electrons. The zero-order chi connectivity index (χ0) is 11.0. The van der Waals surface area contributed by atoms with Crippen LogP contribution in [0, 0.1) is 0 Å². The largest absolute Gasteiger partial charge is 0.144 e. The second-order valence-corrected chi connectivity index (χ2v) is 3.84. The molecular formula is C12H17BrS. The van der Waals surface area contributed by atoms with Crippen molar-refractivity contribution in [1.29, 1.82) is 0 Å². The molecule has 0 aliphatic heterocycles. The molecule has 0 unspecified atom stereocenters. The molecule has 0 saturated carbocycles. The molecule has 1 heterocycles. The molecule has 14 heavy (non-hydrogen) atoms. The van der Waals surface area contributed by atoms with Crippen LogP contribution in [0.1, 0.15) is 26.3 Å². The maximum absolute atomic E-state index is 3.71. The van der Waals surface area contributed by atoms with Gasteiger partial charge in [0.1, 0.15) is 0 Å². The topological polar surface area (TPSA) is 0 Å². The van der Waals surface area contributed by atoms with Gasteiger partial charge in [0.15, 0.2) is 0 Å². The molecule has 78 valence electrons. The first kappa shape index (κ1) is 13.7. The number of thiophene rings is 1. The summed E-state index contributed by atoms with van der Waals surface area (Å²) in [4.78, 5) is 0. The quantitative estimate of drug-likeness (QED) is 0.724. The molecule has 0 bridgehead atoms. The molecule has 0 spiro atoms. The molecule has 0 aliphatic carbocycles. The molecule has 0 aromatic carbocycles. The van der Waals surface area contributed by atoms with Crippen LogP contribution in [0.5, 0.6) is 0 Å². The smallest absolute Gasteiger partial charge is 0.0303 e. The summed E-state index contributed by atoms with van der Waals surface area (Å²) in [6, 6.07) is 0. The van der Waals surface area contributed by atoms with Crippen LogP contribution in [0.4, 0.5) is 0 Å². The van der Waals surface area contributed by atoms with Crippen molar-refractivity contribution in [2.75, 3.05) is 0 Å². The van der Waals surface area contributed by atoms with Crippen LogP contribution in [0.25, 0.3) is 12.2 Å². The highest BCUT2D eigenvalue weighted by Gasteiger charge is 1.95. The van der Waals surface area contributed by atoms with Crippen molar-refractivity contribution < 1.29 is 0 Å². The number of hydrogen-bond acceptors (Lipinski definition) is 1. The third-order valence-electron chi connectivity index (χ3n) is 1.63. The Balaban J connectivity index is 0.000000791. The second kappa shape index (κ2) is 8.01. The van der Waals surface area contributed by atoms with Gasteiger partial charge in [0, 0.05) is 9.86 Å². The van der Waals surface area contributed by atoms with Gasteiger partial charge in [-0.15, -0.1) is 11.3 Å². The Bertz CT molecular complexity index is 374. The van der Waals surface area contributed by atoms with Crippen molar-refractivity contribution in [3.05, 3.63) is 33.3 Å². The summed E-state index contributed by atoms with van der Waals surface area (Å²) >= 11 is 5.24. The van der Waals surface area contributed by atoms with Gasteiger partial charge in [-0.2, -0.15) is 0 Å². The lowest BCUT2D eigenvalue weighted by atomic mass is 10.2. The first-order chi connectivity index (χ1) is 6.83. The number of alkyl halides is 1. The number of rotatable bonds is 2. The molecule has 1 aromatic heterocycles. The fourth-order valence-corrected chi connectivity index (χ4v) is 2.67. The second-order valence-electron chi connectivity index (χ2n) is 2.36. The van der Waals surface area contributed by atoms with Gasteiger partial charge in [-0.05, 0) is 23.1 Å². The van der Waals surface area contributed by atoms with Crippen molar-refractivity contribution in [2.24, 2.45) is 0 Å². The molecule has 0 amide bonds. The molecule has 1 rings (SSSR count). The zero-order valence-corrected chi connectivity index (χ0v) is 11.4. The van der Waals surface area contributed by atoms with Crippen LogP contribution in [-0.4, -0.2) is 0 Å². The van der Waals surface area contributed by atoms with E-state index in [2.05, 4.69) is 47.0 Å². The van der Waals surface area contributed by atoms with Gasteiger partial charge in [-0.3, -0.25) is 0 Å². The molecule has 0 fully saturated rings. The van der Waals surface area contributed by atoms with Crippen LogP contribution >= 0.6 is 27.3 Å². The average molecular weight is 273 g/mol. The normalized spacial score (nSPS) is 12.3. The molecule has 0 atom stereocenters. The van der Waals surface area contributed by atoms with Crippen molar-refractivity contribution in [3.8, 4) is 0 Å². The molecule has 1 aromatic rings. The minimum absolute atomic E-state index is 0.914. The monoisotopic (exact) mass is 272 g/mol. The van der Waals surface area contributed by atoms with Crippen LogP contribution in [0.2, 0.25) is 0 Å². The van der Waals surface area contributed by atoms with Crippen LogP contribution in [0.3, 0.4) is 0 Å². The maximum Gasteiger partial charge on any atom is 0.0303 e. The Morgan fingerprint density at radius 1 is 1.50 bits per heavy atom. The minimum Gasteiger partial charge on any atom is -0.144 e. The summed E-state index contributed by atoms with van der Waals surface area (Å²) in [5.74, 6) is 0. The lowest BCUT2D eigenvalue weighted by Crippen LogP contribution is -2.20. The predicted octanol–water partition coefficient (Wildman–Crippen LogP) is 3.44. The van der Waals surface area contributed by atoms with E-state index in [0.29, 0.717) is 0 Å². The summed E-state index contributed by atoms with van der Waals surface area (Å²) in [6.07, 6.45) is 6.02. The van der Waals surface area contributed by atoms with Gasteiger partial charge in [0.2, 0.25) is 0 Å². The Labute approximate surface area is 98.8 Å². The zero-order valence-electron chi connectivity index (χ0n) is 9.01. The van der Waals surface area contributed by atoms with E-state index in [4.69, 9.17) is 0 Å². The number of allylic oxidation sites excluding steroid dienone is 1. The Morgan fingerprint density at radius 3 is 2.57 bits per heavy atom. The van der Waals surface area contributed by atoms with Crippen LogP contribution < -0.4 is 9.75 Å². The van der Waals surface area contributed by atoms with Crippen LogP contribution in [-0.2, 0) is 5.33 Å². The van der Waals surface area contributed by atoms with E-state index in [1.165, 1.54) is 15.3 Å². The minimum atomic E-state index is 0.914. The van der Waals surface area contributed by atoms with Crippen molar-refractivity contribution in [1.82, 2.24) is 0 Å². The number of halogens is 1. The third-order valence-corrected chi connectivity index (χ3v) is 3.35. The highest BCUT2D eigenvalue weighted by molar-refractivity contribution is 9.08. The SMILES string of the molecule is C=C/C=c1/c(CBr)cs/c1=C/C.CC. The molecule has 0 aliphatic rings. The standard InChI is InChI=1S/C10H11BrS.C2H6/c1-3-5-9-8(6-11)7-12-10(9)4-2;1-2/h3-5,7H,1,6H2,2H3;1-2H3/b9-5-,10-4+;. The maximum atomic E-state index is 3.71. The Kier molecular flexibility index (Phi) is 7.81. The summed E-state index contributed by atoms with van der Waals surface area (Å²) in [6.45, 7) is 9.77. The van der Waals surface area contributed by atoms with E-state index in [-0.39, 0.29) is 0 Å². The van der Waals surface area contributed by atoms with E-state index < -0.39 is 0 Å². The Morgan fingerprint density at radius 2 is 2.14 bits per heavy atom. The molecule has 0 N–H and O–H groups in total. The fourth-order valence-electron chi connectivity index (χ4n) is 1.05. The molecule has 0 saturated heterocycles. The third kappa shape index (κ3) is 3.43. The van der Waals surface area contributed by atoms with Crippen molar-refractivity contribution in [3.63, 3.8) is 0 Å². The van der Waals surface area contributed by atoms with Gasteiger partial charge in [-0.1, -0.05) is 54.6 Å². The van der Waals surface area contributed by atoms with Gasteiger partial charge in [0.05, 0.1) is 0 Å². The van der Waals surface area contributed by atoms with E-state index in [1.807, 2.05) is 19.9 Å². The Hall–Kier alpha value is -0.340. The first-order valence-electron chi connectivity index (χ1n) is 4.75. The highest BCUT2D eigenvalue weighted by Crippen LogP contribution is 2.00. The fraction of sp³-hybridized carbons (Fsp3) is 0.333. The summed E-state index contributed by atoms with van der Waals surface area (Å²) < 4.78 is 1.32. The summed E-state index contributed by atoms with van der Waals surface area (Å²) in [7, 11) is 0. The molecular weight excluding hydrogens is 256 g/mol. The van der Waals surface area contributed by atoms with Crippen LogP contribution in [0.15, 0.2) is 18.0 Å².